The van der Waals surface area contributed by atoms with E-state index in [1.807, 2.05) is 36.4 Å². The van der Waals surface area contributed by atoms with Gasteiger partial charge in [-0.2, -0.15) is 0 Å². The van der Waals surface area contributed by atoms with Crippen molar-refractivity contribution in [1.82, 2.24) is 0 Å². The van der Waals surface area contributed by atoms with Gasteiger partial charge in [-0.3, -0.25) is 0 Å². The van der Waals surface area contributed by atoms with Crippen LogP contribution >= 0.6 is 14.0 Å². The van der Waals surface area contributed by atoms with Gasteiger partial charge in [0.2, 0.25) is 0 Å². The summed E-state index contributed by atoms with van der Waals surface area (Å²) in [6.07, 6.45) is 0. The van der Waals surface area contributed by atoms with E-state index in [0.717, 1.165) is 16.1 Å². The Morgan fingerprint density at radius 3 is 2.20 bits per heavy atom. The molecule has 0 N–H and O–H groups in total. The van der Waals surface area contributed by atoms with Crippen LogP contribution in [-0.2, 0) is 18.1 Å². The van der Waals surface area contributed by atoms with Gasteiger partial charge >= 0.3 is 126 Å². The standard InChI is InChI=1S/C13H15O4P2Se/c1-15-18(14)11-8-4-6-10-7-5-9-12(13(10)11)19(20,16-2)17-3/h4-9H,1-3H3/q+1. The third kappa shape index (κ3) is 2.81. The van der Waals surface area contributed by atoms with Crippen molar-refractivity contribution >= 4 is 50.5 Å². The second kappa shape index (κ2) is 6.60. The Balaban J connectivity index is 2.86. The van der Waals surface area contributed by atoms with Crippen LogP contribution in [0.5, 0.6) is 0 Å². The summed E-state index contributed by atoms with van der Waals surface area (Å²) in [5.74, 6) is -2.32. The predicted octanol–water partition coefficient (Wildman–Crippen LogP) is 2.70. The molecular formula is C13H15O4P2Se+. The molecule has 0 saturated carbocycles. The minimum atomic E-state index is -2.32. The molecule has 0 radical (unpaired) electrons. The average Bonchev–Trinajstić information content (AvgIpc) is 2.52. The molecule has 2 rings (SSSR count). The zero-order valence-corrected chi connectivity index (χ0v) is 14.9. The van der Waals surface area contributed by atoms with Crippen molar-refractivity contribution in [1.29, 1.82) is 0 Å². The molecule has 0 saturated heterocycles. The van der Waals surface area contributed by atoms with Crippen LogP contribution in [0.25, 0.3) is 10.8 Å². The van der Waals surface area contributed by atoms with E-state index >= 15 is 0 Å². The van der Waals surface area contributed by atoms with Crippen LogP contribution < -0.4 is 10.6 Å². The van der Waals surface area contributed by atoms with E-state index in [-0.39, 0.29) is 0 Å². The number of hydrogen-bond acceptors (Lipinski definition) is 4. The van der Waals surface area contributed by atoms with Crippen LogP contribution in [0.4, 0.5) is 0 Å². The summed E-state index contributed by atoms with van der Waals surface area (Å²) >= 11 is 3.01. The predicted molar refractivity (Wildman–Crippen MR) is 84.5 cm³/mol. The minimum absolute atomic E-state index is 0.657. The summed E-state index contributed by atoms with van der Waals surface area (Å²) in [4.78, 5) is 0. The molecule has 0 heterocycles. The van der Waals surface area contributed by atoms with E-state index in [4.69, 9.17) is 13.6 Å². The molecule has 0 aromatic heterocycles. The second-order valence-electron chi connectivity index (χ2n) is 3.95. The van der Waals surface area contributed by atoms with E-state index in [1.54, 1.807) is 14.2 Å². The summed E-state index contributed by atoms with van der Waals surface area (Å²) < 4.78 is 28.2. The Morgan fingerprint density at radius 1 is 1.05 bits per heavy atom. The first-order valence-corrected chi connectivity index (χ1v) is 10.8. The quantitative estimate of drug-likeness (QED) is 0.595. The molecule has 2 aromatic carbocycles. The van der Waals surface area contributed by atoms with Crippen LogP contribution in [0, 0.1) is 0 Å². The van der Waals surface area contributed by atoms with Gasteiger partial charge in [-0.05, 0) is 0 Å². The zero-order chi connectivity index (χ0) is 14.8. The van der Waals surface area contributed by atoms with Gasteiger partial charge < -0.3 is 0 Å². The van der Waals surface area contributed by atoms with Gasteiger partial charge in [0, 0.05) is 0 Å². The van der Waals surface area contributed by atoms with E-state index in [0.29, 0.717) is 5.30 Å². The maximum atomic E-state index is 12.1. The van der Waals surface area contributed by atoms with Crippen molar-refractivity contribution in [3.8, 4) is 0 Å². The van der Waals surface area contributed by atoms with E-state index in [2.05, 4.69) is 15.1 Å². The fourth-order valence-corrected chi connectivity index (χ4v) is 5.27. The average molecular weight is 376 g/mol. The Morgan fingerprint density at radius 2 is 1.65 bits per heavy atom. The Hall–Kier alpha value is -0.371. The summed E-state index contributed by atoms with van der Waals surface area (Å²) in [6, 6.07) is 11.5. The molecule has 20 heavy (non-hydrogen) atoms. The summed E-state index contributed by atoms with van der Waals surface area (Å²) in [5.41, 5.74) is 0. The van der Waals surface area contributed by atoms with Gasteiger partial charge in [-0.25, -0.2) is 0 Å². The fraction of sp³-hybridized carbons (Fsp3) is 0.231. The number of hydrogen-bond donors (Lipinski definition) is 0. The molecule has 106 valence electrons. The Kier molecular flexibility index (Phi) is 5.28. The third-order valence-corrected chi connectivity index (χ3v) is 9.14. The van der Waals surface area contributed by atoms with Crippen molar-refractivity contribution in [3.63, 3.8) is 0 Å². The summed E-state index contributed by atoms with van der Waals surface area (Å²) in [6.45, 7) is 0. The molecule has 0 spiro atoms. The molecular weight excluding hydrogens is 361 g/mol. The number of benzene rings is 2. The van der Waals surface area contributed by atoms with Crippen molar-refractivity contribution in [2.45, 2.75) is 0 Å². The molecule has 0 aliphatic heterocycles. The molecule has 0 aliphatic carbocycles. The normalized spacial score (nSPS) is 12.7. The van der Waals surface area contributed by atoms with Crippen LogP contribution in [0.1, 0.15) is 0 Å². The van der Waals surface area contributed by atoms with Crippen LogP contribution in [0.3, 0.4) is 0 Å². The molecule has 0 aliphatic rings. The first-order valence-electron chi connectivity index (χ1n) is 5.82. The van der Waals surface area contributed by atoms with Gasteiger partial charge in [0.25, 0.3) is 0 Å². The van der Waals surface area contributed by atoms with E-state index < -0.39 is 14.0 Å². The second-order valence-corrected chi connectivity index (χ2v) is 10.5. The molecule has 2 aromatic rings. The molecule has 1 atom stereocenters. The monoisotopic (exact) mass is 377 g/mol. The fourth-order valence-electron chi connectivity index (χ4n) is 2.05. The van der Waals surface area contributed by atoms with Gasteiger partial charge in [-0.1, -0.05) is 0 Å². The number of fused-ring (bicyclic) bond motifs is 1. The molecule has 0 amide bonds. The summed E-state index contributed by atoms with van der Waals surface area (Å²) in [5, 5.41) is 3.39. The summed E-state index contributed by atoms with van der Waals surface area (Å²) in [7, 11) is 2.74. The van der Waals surface area contributed by atoms with Crippen LogP contribution in [-0.4, -0.2) is 36.4 Å². The number of rotatable bonds is 5. The SMILES string of the molecule is CO[P+](=O)c1cccc2cccc(P(=[Se])(OC)OC)c12. The van der Waals surface area contributed by atoms with Crippen LogP contribution in [0.15, 0.2) is 36.4 Å². The van der Waals surface area contributed by atoms with Gasteiger partial charge in [0.1, 0.15) is 0 Å². The van der Waals surface area contributed by atoms with Crippen molar-refractivity contribution in [2.24, 2.45) is 0 Å². The van der Waals surface area contributed by atoms with E-state index in [9.17, 15) is 4.57 Å². The molecule has 7 heteroatoms. The van der Waals surface area contributed by atoms with Crippen molar-refractivity contribution in [3.05, 3.63) is 36.4 Å². The third-order valence-electron chi connectivity index (χ3n) is 3.00. The first-order chi connectivity index (χ1) is 9.57. The van der Waals surface area contributed by atoms with Gasteiger partial charge in [0.05, 0.1) is 0 Å². The van der Waals surface area contributed by atoms with Gasteiger partial charge in [-0.15, -0.1) is 0 Å². The maximum absolute atomic E-state index is 12.1. The topological polar surface area (TPSA) is 44.8 Å². The first kappa shape index (κ1) is 16.0. The van der Waals surface area contributed by atoms with Crippen molar-refractivity contribution in [2.75, 3.05) is 21.3 Å². The molecule has 1 unspecified atom stereocenters. The van der Waals surface area contributed by atoms with Crippen molar-refractivity contribution < 1.29 is 18.1 Å². The zero-order valence-electron chi connectivity index (χ0n) is 11.4. The molecule has 0 fully saturated rings. The molecule has 4 nitrogen and oxygen atoms in total. The van der Waals surface area contributed by atoms with E-state index in [1.165, 1.54) is 7.11 Å². The Labute approximate surface area is 126 Å². The van der Waals surface area contributed by atoms with Gasteiger partial charge in [0.15, 0.2) is 0 Å². The molecule has 0 bridgehead atoms. The van der Waals surface area contributed by atoms with Crippen LogP contribution in [0.2, 0.25) is 0 Å². The Bertz CT molecular complexity index is 689.